The fraction of sp³-hybridized carbons (Fsp3) is 0.312. The molecule has 0 aliphatic carbocycles. The number of hydrogen-bond acceptors (Lipinski definition) is 6. The molecule has 3 rings (SSSR count). The minimum absolute atomic E-state index is 0.0195. The van der Waals surface area contributed by atoms with E-state index in [1.165, 1.54) is 0 Å². The number of imidazole rings is 1. The summed E-state index contributed by atoms with van der Waals surface area (Å²) in [7, 11) is 0. The summed E-state index contributed by atoms with van der Waals surface area (Å²) in [5.41, 5.74) is 1.70. The van der Waals surface area contributed by atoms with E-state index in [1.807, 2.05) is 37.3 Å². The lowest BCUT2D eigenvalue weighted by Crippen LogP contribution is -2.24. The maximum atomic E-state index is 11.6. The second-order valence-corrected chi connectivity index (χ2v) is 5.47. The van der Waals surface area contributed by atoms with E-state index >= 15 is 0 Å². The van der Waals surface area contributed by atoms with E-state index in [9.17, 15) is 9.90 Å². The van der Waals surface area contributed by atoms with Crippen LogP contribution >= 0.6 is 0 Å². The second kappa shape index (κ2) is 7.14. The molecule has 126 valence electrons. The molecular formula is C16H20N6O2. The molecular weight excluding hydrogens is 308 g/mol. The molecule has 0 aliphatic rings. The number of fused-ring (bicyclic) bond motifs is 1. The van der Waals surface area contributed by atoms with Crippen molar-refractivity contribution in [2.45, 2.75) is 25.9 Å². The number of H-pyrrole nitrogens is 2. The number of benzene rings is 1. The largest absolute Gasteiger partial charge is 0.394 e. The zero-order chi connectivity index (χ0) is 16.9. The van der Waals surface area contributed by atoms with Crippen LogP contribution in [-0.2, 0) is 6.54 Å². The van der Waals surface area contributed by atoms with Gasteiger partial charge in [-0.25, -0.2) is 4.79 Å². The Kier molecular flexibility index (Phi) is 4.76. The van der Waals surface area contributed by atoms with Crippen molar-refractivity contribution in [3.63, 3.8) is 0 Å². The van der Waals surface area contributed by atoms with Crippen LogP contribution in [0.4, 0.5) is 11.8 Å². The van der Waals surface area contributed by atoms with Gasteiger partial charge in [-0.05, 0) is 12.0 Å². The minimum Gasteiger partial charge on any atom is -0.394 e. The molecule has 1 unspecified atom stereocenters. The summed E-state index contributed by atoms with van der Waals surface area (Å²) in [6.07, 6.45) is 0.730. The Bertz CT molecular complexity index is 854. The number of anilines is 2. The van der Waals surface area contributed by atoms with Crippen LogP contribution in [0.15, 0.2) is 35.1 Å². The molecule has 0 spiro atoms. The maximum Gasteiger partial charge on any atom is 0.325 e. The highest BCUT2D eigenvalue weighted by Crippen LogP contribution is 2.19. The molecule has 0 bridgehead atoms. The molecule has 2 heterocycles. The normalized spacial score (nSPS) is 12.2. The number of aliphatic hydroxyl groups excluding tert-OH is 1. The lowest BCUT2D eigenvalue weighted by Gasteiger charge is -2.15. The van der Waals surface area contributed by atoms with Crippen LogP contribution in [0.25, 0.3) is 11.2 Å². The van der Waals surface area contributed by atoms with E-state index in [2.05, 4.69) is 30.6 Å². The third-order valence-corrected chi connectivity index (χ3v) is 3.73. The summed E-state index contributed by atoms with van der Waals surface area (Å²) in [5, 5.41) is 15.6. The monoisotopic (exact) mass is 328 g/mol. The van der Waals surface area contributed by atoms with Crippen molar-refractivity contribution in [1.29, 1.82) is 0 Å². The Morgan fingerprint density at radius 1 is 1.21 bits per heavy atom. The van der Waals surface area contributed by atoms with Gasteiger partial charge in [-0.15, -0.1) is 0 Å². The first-order valence-corrected chi connectivity index (χ1v) is 7.84. The van der Waals surface area contributed by atoms with Crippen LogP contribution in [0.1, 0.15) is 18.9 Å². The molecule has 24 heavy (non-hydrogen) atoms. The molecule has 0 saturated heterocycles. The fourth-order valence-electron chi connectivity index (χ4n) is 2.36. The standard InChI is InChI=1S/C16H20N6O2/c1-2-11(9-23)18-15-20-13(12-14(21-15)22-16(24)19-12)17-8-10-6-4-3-5-7-10/h3-7,11,23H,2,8-9H2,1H3,(H4,17,18,19,20,21,22,24). The summed E-state index contributed by atoms with van der Waals surface area (Å²) < 4.78 is 0. The number of hydrogen-bond donors (Lipinski definition) is 5. The molecule has 8 nitrogen and oxygen atoms in total. The van der Waals surface area contributed by atoms with Crippen LogP contribution in [0, 0.1) is 0 Å². The van der Waals surface area contributed by atoms with Crippen molar-refractivity contribution in [2.75, 3.05) is 17.2 Å². The van der Waals surface area contributed by atoms with Crippen LogP contribution < -0.4 is 16.3 Å². The van der Waals surface area contributed by atoms with Gasteiger partial charge in [-0.3, -0.25) is 4.98 Å². The highest BCUT2D eigenvalue weighted by Gasteiger charge is 2.13. The number of rotatable bonds is 7. The Morgan fingerprint density at radius 2 is 2.00 bits per heavy atom. The molecule has 0 saturated carbocycles. The van der Waals surface area contributed by atoms with Crippen LogP contribution in [0.2, 0.25) is 0 Å². The molecule has 1 aromatic carbocycles. The van der Waals surface area contributed by atoms with Crippen molar-refractivity contribution >= 4 is 22.9 Å². The Hall–Kier alpha value is -2.87. The average molecular weight is 328 g/mol. The molecule has 5 N–H and O–H groups in total. The summed E-state index contributed by atoms with van der Waals surface area (Å²) in [5.74, 6) is 0.881. The topological polar surface area (TPSA) is 119 Å². The molecule has 0 aliphatic heterocycles. The third-order valence-electron chi connectivity index (χ3n) is 3.73. The van der Waals surface area contributed by atoms with Crippen molar-refractivity contribution < 1.29 is 5.11 Å². The maximum absolute atomic E-state index is 11.6. The van der Waals surface area contributed by atoms with Crippen LogP contribution in [-0.4, -0.2) is 37.7 Å². The number of aliphatic hydroxyl groups is 1. The first-order valence-electron chi connectivity index (χ1n) is 7.84. The Balaban J connectivity index is 1.90. The van der Waals surface area contributed by atoms with Gasteiger partial charge in [0.05, 0.1) is 12.6 Å². The molecule has 0 radical (unpaired) electrons. The van der Waals surface area contributed by atoms with Crippen molar-refractivity contribution in [2.24, 2.45) is 0 Å². The van der Waals surface area contributed by atoms with Crippen molar-refractivity contribution in [3.05, 3.63) is 46.4 Å². The number of aromatic amines is 2. The molecule has 0 amide bonds. The van der Waals surface area contributed by atoms with E-state index in [0.717, 1.165) is 12.0 Å². The quantitative estimate of drug-likeness (QED) is 0.448. The summed E-state index contributed by atoms with van der Waals surface area (Å²) in [6.45, 7) is 2.50. The summed E-state index contributed by atoms with van der Waals surface area (Å²) in [4.78, 5) is 25.6. The van der Waals surface area contributed by atoms with Gasteiger partial charge in [0.15, 0.2) is 11.5 Å². The van der Waals surface area contributed by atoms with Gasteiger partial charge in [0.2, 0.25) is 5.95 Å². The smallest absolute Gasteiger partial charge is 0.325 e. The third kappa shape index (κ3) is 3.54. The predicted molar refractivity (Wildman–Crippen MR) is 93.1 cm³/mol. The summed E-state index contributed by atoms with van der Waals surface area (Å²) >= 11 is 0. The lowest BCUT2D eigenvalue weighted by molar-refractivity contribution is 0.271. The zero-order valence-corrected chi connectivity index (χ0v) is 13.3. The summed E-state index contributed by atoms with van der Waals surface area (Å²) in [6, 6.07) is 9.75. The Labute approximate surface area is 138 Å². The van der Waals surface area contributed by atoms with Gasteiger partial charge >= 0.3 is 5.69 Å². The Morgan fingerprint density at radius 3 is 2.71 bits per heavy atom. The molecule has 2 aromatic heterocycles. The first-order chi connectivity index (χ1) is 11.7. The number of aromatic nitrogens is 4. The van der Waals surface area contributed by atoms with Gasteiger partial charge in [-0.2, -0.15) is 9.97 Å². The van der Waals surface area contributed by atoms with E-state index in [1.54, 1.807) is 0 Å². The second-order valence-electron chi connectivity index (χ2n) is 5.47. The first kappa shape index (κ1) is 16.0. The highest BCUT2D eigenvalue weighted by molar-refractivity contribution is 5.83. The van der Waals surface area contributed by atoms with E-state index in [-0.39, 0.29) is 18.3 Å². The van der Waals surface area contributed by atoms with E-state index in [0.29, 0.717) is 29.5 Å². The van der Waals surface area contributed by atoms with Crippen molar-refractivity contribution in [1.82, 2.24) is 19.9 Å². The fourth-order valence-corrected chi connectivity index (χ4v) is 2.36. The van der Waals surface area contributed by atoms with Gasteiger partial charge in [0.1, 0.15) is 5.52 Å². The van der Waals surface area contributed by atoms with Crippen molar-refractivity contribution in [3.8, 4) is 0 Å². The average Bonchev–Trinajstić information content (AvgIpc) is 2.98. The number of nitrogens with one attached hydrogen (secondary N) is 4. The van der Waals surface area contributed by atoms with E-state index < -0.39 is 0 Å². The van der Waals surface area contributed by atoms with Gasteiger partial charge in [0, 0.05) is 6.54 Å². The highest BCUT2D eigenvalue weighted by atomic mass is 16.3. The SMILES string of the molecule is CCC(CO)Nc1nc(NCc2ccccc2)c2[nH]c(=O)[nH]c2n1. The number of nitrogens with zero attached hydrogens (tertiary/aromatic N) is 2. The van der Waals surface area contributed by atoms with Crippen LogP contribution in [0.5, 0.6) is 0 Å². The molecule has 3 aromatic rings. The zero-order valence-electron chi connectivity index (χ0n) is 13.3. The van der Waals surface area contributed by atoms with E-state index in [4.69, 9.17) is 0 Å². The minimum atomic E-state index is -0.339. The lowest BCUT2D eigenvalue weighted by atomic mass is 10.2. The van der Waals surface area contributed by atoms with Gasteiger partial charge < -0.3 is 20.7 Å². The van der Waals surface area contributed by atoms with Crippen LogP contribution in [0.3, 0.4) is 0 Å². The molecule has 1 atom stereocenters. The molecule has 8 heteroatoms. The van der Waals surface area contributed by atoms with Gasteiger partial charge in [-0.1, -0.05) is 37.3 Å². The predicted octanol–water partition coefficient (Wildman–Crippen LogP) is 1.44. The molecule has 0 fully saturated rings. The van der Waals surface area contributed by atoms with Gasteiger partial charge in [0.25, 0.3) is 0 Å².